The first-order valence-corrected chi connectivity index (χ1v) is 10.3. The minimum absolute atomic E-state index is 0.0584. The van der Waals surface area contributed by atoms with Crippen molar-refractivity contribution in [3.63, 3.8) is 0 Å². The fraction of sp³-hybridized carbons (Fsp3) is 0.611. The fourth-order valence-corrected chi connectivity index (χ4v) is 2.60. The van der Waals surface area contributed by atoms with E-state index in [1.807, 2.05) is 5.32 Å². The molecule has 0 saturated heterocycles. The molecular formula is C18H31N7O10. The molecule has 0 bridgehead atoms. The van der Waals surface area contributed by atoms with Gasteiger partial charge in [-0.3, -0.25) is 29.0 Å². The first kappa shape index (κ1) is 31.0. The van der Waals surface area contributed by atoms with Crippen LogP contribution in [0.4, 0.5) is 0 Å². The highest BCUT2D eigenvalue weighted by atomic mass is 16.4. The van der Waals surface area contributed by atoms with Crippen LogP contribution in [0.2, 0.25) is 0 Å². The lowest BCUT2D eigenvalue weighted by Crippen LogP contribution is -2.57. The molecule has 4 unspecified atom stereocenters. The van der Waals surface area contributed by atoms with Crippen molar-refractivity contribution >= 4 is 41.6 Å². The lowest BCUT2D eigenvalue weighted by molar-refractivity contribution is -0.144. The maximum atomic E-state index is 12.8. The van der Waals surface area contributed by atoms with Gasteiger partial charge in [-0.15, -0.1) is 0 Å². The fourth-order valence-electron chi connectivity index (χ4n) is 2.60. The number of carbonyl (C=O) groups excluding carboxylic acids is 3. The molecule has 0 heterocycles. The van der Waals surface area contributed by atoms with Crippen LogP contribution in [0.15, 0.2) is 4.99 Å². The Morgan fingerprint density at radius 2 is 1.29 bits per heavy atom. The van der Waals surface area contributed by atoms with E-state index in [0.717, 1.165) is 0 Å². The second-order valence-electron chi connectivity index (χ2n) is 7.29. The highest BCUT2D eigenvalue weighted by molar-refractivity contribution is 5.94. The molecular weight excluding hydrogens is 474 g/mol. The molecule has 13 N–H and O–H groups in total. The number of hydrogen-bond donors (Lipinski definition) is 10. The van der Waals surface area contributed by atoms with Gasteiger partial charge in [0.15, 0.2) is 5.96 Å². The minimum Gasteiger partial charge on any atom is -0.481 e. The van der Waals surface area contributed by atoms with Gasteiger partial charge in [0.1, 0.15) is 18.1 Å². The molecule has 3 amide bonds. The number of aliphatic hydroxyl groups is 1. The Bertz CT molecular complexity index is 815. The average Bonchev–Trinajstić information content (AvgIpc) is 2.75. The predicted molar refractivity (Wildman–Crippen MR) is 118 cm³/mol. The van der Waals surface area contributed by atoms with Gasteiger partial charge in [0.25, 0.3) is 0 Å². The van der Waals surface area contributed by atoms with E-state index in [0.29, 0.717) is 0 Å². The van der Waals surface area contributed by atoms with Crippen LogP contribution in [-0.2, 0) is 28.8 Å². The summed E-state index contributed by atoms with van der Waals surface area (Å²) in [6.07, 6.45) is -1.69. The van der Waals surface area contributed by atoms with Crippen LogP contribution in [0.5, 0.6) is 0 Å². The van der Waals surface area contributed by atoms with Crippen molar-refractivity contribution < 1.29 is 49.2 Å². The highest BCUT2D eigenvalue weighted by Crippen LogP contribution is 2.05. The number of nitrogens with zero attached hydrogens (tertiary/aromatic N) is 1. The summed E-state index contributed by atoms with van der Waals surface area (Å²) >= 11 is 0. The van der Waals surface area contributed by atoms with E-state index in [1.165, 1.54) is 0 Å². The van der Waals surface area contributed by atoms with Crippen LogP contribution in [0.25, 0.3) is 0 Å². The number of aliphatic hydroxyl groups excluding tert-OH is 1. The van der Waals surface area contributed by atoms with E-state index in [4.69, 9.17) is 37.6 Å². The van der Waals surface area contributed by atoms with Crippen molar-refractivity contribution in [2.75, 3.05) is 13.2 Å². The number of carbonyl (C=O) groups is 6. The number of hydrogen-bond acceptors (Lipinski definition) is 9. The van der Waals surface area contributed by atoms with Crippen molar-refractivity contribution in [2.24, 2.45) is 22.2 Å². The topological polar surface area (TPSA) is 310 Å². The Kier molecular flexibility index (Phi) is 14.0. The summed E-state index contributed by atoms with van der Waals surface area (Å²) in [6.45, 7) is -0.908. The van der Waals surface area contributed by atoms with Gasteiger partial charge in [-0.05, 0) is 19.3 Å². The maximum Gasteiger partial charge on any atom is 0.328 e. The van der Waals surface area contributed by atoms with E-state index < -0.39 is 85.7 Å². The normalized spacial score (nSPS) is 13.9. The Labute approximate surface area is 199 Å². The van der Waals surface area contributed by atoms with Crippen LogP contribution in [0.1, 0.15) is 32.1 Å². The maximum absolute atomic E-state index is 12.8. The van der Waals surface area contributed by atoms with E-state index in [2.05, 4.69) is 15.6 Å². The van der Waals surface area contributed by atoms with E-state index in [9.17, 15) is 28.8 Å². The molecule has 0 saturated carbocycles. The lowest BCUT2D eigenvalue weighted by atomic mass is 10.1. The van der Waals surface area contributed by atoms with E-state index in [1.54, 1.807) is 0 Å². The van der Waals surface area contributed by atoms with E-state index >= 15 is 0 Å². The molecule has 35 heavy (non-hydrogen) atoms. The van der Waals surface area contributed by atoms with Gasteiger partial charge < -0.3 is 53.6 Å². The summed E-state index contributed by atoms with van der Waals surface area (Å²) in [7, 11) is 0. The number of aliphatic imine (C=N–C) groups is 1. The zero-order chi connectivity index (χ0) is 27.1. The quantitative estimate of drug-likeness (QED) is 0.0504. The minimum atomic E-state index is -1.71. The molecule has 4 atom stereocenters. The summed E-state index contributed by atoms with van der Waals surface area (Å²) in [5.41, 5.74) is 15.9. The first-order chi connectivity index (χ1) is 16.3. The molecule has 0 fully saturated rings. The Balaban J connectivity index is 5.60. The number of nitrogens with two attached hydrogens (primary N) is 3. The van der Waals surface area contributed by atoms with Crippen molar-refractivity contribution in [3.05, 3.63) is 0 Å². The summed E-state index contributed by atoms with van der Waals surface area (Å²) in [4.78, 5) is 74.0. The van der Waals surface area contributed by atoms with Crippen molar-refractivity contribution in [3.8, 4) is 0 Å². The SMILES string of the molecule is NC(N)=NCCCC(NC(=O)C(N)CC(=O)O)C(=O)NC(CCC(=O)O)C(=O)NC(CO)C(=O)O. The molecule has 0 aromatic heterocycles. The predicted octanol–water partition coefficient (Wildman–Crippen LogP) is -4.76. The number of guanidine groups is 1. The standard InChI is InChI=1S/C18H31N7O10/c19-8(6-13(29)30)14(31)23-9(2-1-5-22-18(20)21)15(32)24-10(3-4-12(27)28)16(33)25-11(7-26)17(34)35/h8-11,26H,1-7,19H2,(H,23,31)(H,24,32)(H,25,33)(H,27,28)(H,29,30)(H,34,35)(H4,20,21,22). The van der Waals surface area contributed by atoms with Gasteiger partial charge in [0, 0.05) is 13.0 Å². The van der Waals surface area contributed by atoms with Gasteiger partial charge in [-0.2, -0.15) is 0 Å². The molecule has 0 rings (SSSR count). The molecule has 0 aliphatic carbocycles. The van der Waals surface area contributed by atoms with Crippen LogP contribution >= 0.6 is 0 Å². The number of rotatable bonds is 17. The number of amides is 3. The number of aliphatic carboxylic acids is 3. The Morgan fingerprint density at radius 3 is 1.74 bits per heavy atom. The Morgan fingerprint density at radius 1 is 0.771 bits per heavy atom. The molecule has 0 aromatic rings. The summed E-state index contributed by atoms with van der Waals surface area (Å²) < 4.78 is 0. The molecule has 0 spiro atoms. The molecule has 198 valence electrons. The van der Waals surface area contributed by atoms with Crippen LogP contribution < -0.4 is 33.2 Å². The highest BCUT2D eigenvalue weighted by Gasteiger charge is 2.30. The van der Waals surface area contributed by atoms with Gasteiger partial charge >= 0.3 is 17.9 Å². The zero-order valence-electron chi connectivity index (χ0n) is 18.7. The van der Waals surface area contributed by atoms with Gasteiger partial charge in [-0.1, -0.05) is 0 Å². The molecule has 0 aliphatic rings. The average molecular weight is 505 g/mol. The first-order valence-electron chi connectivity index (χ1n) is 10.3. The van der Waals surface area contributed by atoms with Crippen molar-refractivity contribution in [2.45, 2.75) is 56.3 Å². The second-order valence-corrected chi connectivity index (χ2v) is 7.29. The van der Waals surface area contributed by atoms with Crippen LogP contribution in [0, 0.1) is 0 Å². The third-order valence-corrected chi connectivity index (χ3v) is 4.39. The third kappa shape index (κ3) is 13.3. The lowest BCUT2D eigenvalue weighted by Gasteiger charge is -2.24. The Hall–Kier alpha value is -3.99. The van der Waals surface area contributed by atoms with Crippen molar-refractivity contribution in [1.29, 1.82) is 0 Å². The second kappa shape index (κ2) is 15.8. The third-order valence-electron chi connectivity index (χ3n) is 4.39. The van der Waals surface area contributed by atoms with Crippen LogP contribution in [-0.4, -0.2) is 99.3 Å². The summed E-state index contributed by atoms with van der Waals surface area (Å²) in [5.74, 6) is -7.49. The zero-order valence-corrected chi connectivity index (χ0v) is 18.7. The van der Waals surface area contributed by atoms with Crippen molar-refractivity contribution in [1.82, 2.24) is 16.0 Å². The molecule has 17 nitrogen and oxygen atoms in total. The summed E-state index contributed by atoms with van der Waals surface area (Å²) in [6, 6.07) is -6.11. The van der Waals surface area contributed by atoms with Gasteiger partial charge in [-0.25, -0.2) is 4.79 Å². The smallest absolute Gasteiger partial charge is 0.328 e. The molecule has 0 aromatic carbocycles. The van der Waals surface area contributed by atoms with Crippen LogP contribution in [0.3, 0.4) is 0 Å². The largest absolute Gasteiger partial charge is 0.481 e. The molecule has 17 heteroatoms. The van der Waals surface area contributed by atoms with Gasteiger partial charge in [0.05, 0.1) is 19.1 Å². The van der Waals surface area contributed by atoms with E-state index in [-0.39, 0.29) is 25.3 Å². The molecule has 0 radical (unpaired) electrons. The monoisotopic (exact) mass is 505 g/mol. The summed E-state index contributed by atoms with van der Waals surface area (Å²) in [5, 5.41) is 42.2. The number of carboxylic acids is 3. The number of nitrogens with one attached hydrogen (secondary N) is 3. The van der Waals surface area contributed by atoms with Gasteiger partial charge in [0.2, 0.25) is 17.7 Å². The number of carboxylic acid groups (broad SMARTS) is 3. The molecule has 0 aliphatic heterocycles.